The third-order valence-corrected chi connectivity index (χ3v) is 3.31. The van der Waals surface area contributed by atoms with Crippen LogP contribution in [0.1, 0.15) is 0 Å². The number of pyridine rings is 1. The van der Waals surface area contributed by atoms with E-state index in [4.69, 9.17) is 17.3 Å². The molecule has 0 saturated carbocycles. The van der Waals surface area contributed by atoms with E-state index in [-0.39, 0.29) is 5.95 Å². The molecule has 0 spiro atoms. The lowest BCUT2D eigenvalue weighted by atomic mass is 10.2. The molecule has 0 aliphatic rings. The van der Waals surface area contributed by atoms with Gasteiger partial charge >= 0.3 is 0 Å². The Bertz CT molecular complexity index is 805. The highest BCUT2D eigenvalue weighted by Gasteiger charge is 2.08. The quantitative estimate of drug-likeness (QED) is 0.689. The molecule has 0 unspecified atom stereocenters. The molecule has 6 nitrogen and oxygen atoms in total. The zero-order chi connectivity index (χ0) is 14.8. The number of halogens is 1. The monoisotopic (exact) mass is 300 g/mol. The van der Waals surface area contributed by atoms with Crippen molar-refractivity contribution in [2.24, 2.45) is 0 Å². The Morgan fingerprint density at radius 2 is 1.95 bits per heavy atom. The van der Waals surface area contributed by atoms with E-state index in [1.165, 1.54) is 0 Å². The Balaban J connectivity index is 2.06. The zero-order valence-corrected chi connectivity index (χ0v) is 12.0. The maximum Gasteiger partial charge on any atom is 0.223 e. The second-order valence-electron chi connectivity index (χ2n) is 4.37. The second kappa shape index (κ2) is 5.41. The van der Waals surface area contributed by atoms with Gasteiger partial charge in [0, 0.05) is 24.7 Å². The first-order valence-corrected chi connectivity index (χ1v) is 6.68. The van der Waals surface area contributed by atoms with E-state index in [2.05, 4.69) is 25.6 Å². The average molecular weight is 301 g/mol. The maximum atomic E-state index is 6.18. The van der Waals surface area contributed by atoms with Crippen molar-refractivity contribution in [3.8, 4) is 0 Å². The number of nitrogens with one attached hydrogen (secondary N) is 2. The molecule has 1 aromatic carbocycles. The van der Waals surface area contributed by atoms with Crippen molar-refractivity contribution >= 4 is 45.8 Å². The molecule has 4 N–H and O–H groups in total. The molecule has 3 rings (SSSR count). The van der Waals surface area contributed by atoms with Crippen LogP contribution < -0.4 is 16.4 Å². The standard InChI is InChI=1S/C14H13ClN6/c1-17-11-7-12(21-14(16)20-11)19-10-5-4-9(15)8-3-2-6-18-13(8)10/h2-7H,1H3,(H4,16,17,19,20,21). The van der Waals surface area contributed by atoms with Crippen LogP contribution in [-0.2, 0) is 0 Å². The molecule has 0 saturated heterocycles. The summed E-state index contributed by atoms with van der Waals surface area (Å²) < 4.78 is 0. The van der Waals surface area contributed by atoms with E-state index in [9.17, 15) is 0 Å². The van der Waals surface area contributed by atoms with Crippen molar-refractivity contribution in [2.45, 2.75) is 0 Å². The van der Waals surface area contributed by atoms with Gasteiger partial charge in [0.15, 0.2) is 0 Å². The second-order valence-corrected chi connectivity index (χ2v) is 4.77. The maximum absolute atomic E-state index is 6.18. The zero-order valence-electron chi connectivity index (χ0n) is 11.3. The van der Waals surface area contributed by atoms with Crippen LogP contribution in [0.4, 0.5) is 23.3 Å². The fourth-order valence-electron chi connectivity index (χ4n) is 2.03. The summed E-state index contributed by atoms with van der Waals surface area (Å²) >= 11 is 6.18. The summed E-state index contributed by atoms with van der Waals surface area (Å²) in [4.78, 5) is 12.6. The summed E-state index contributed by atoms with van der Waals surface area (Å²) in [5.41, 5.74) is 7.26. The van der Waals surface area contributed by atoms with Crippen molar-refractivity contribution in [3.63, 3.8) is 0 Å². The minimum absolute atomic E-state index is 0.190. The predicted molar refractivity (Wildman–Crippen MR) is 86.0 cm³/mol. The average Bonchev–Trinajstić information content (AvgIpc) is 2.50. The van der Waals surface area contributed by atoms with Gasteiger partial charge < -0.3 is 16.4 Å². The molecule has 2 heterocycles. The number of nitrogens with zero attached hydrogens (tertiary/aromatic N) is 3. The number of rotatable bonds is 3. The fraction of sp³-hybridized carbons (Fsp3) is 0.0714. The number of nitrogen functional groups attached to an aromatic ring is 1. The van der Waals surface area contributed by atoms with Gasteiger partial charge in [0.1, 0.15) is 11.6 Å². The molecule has 0 aliphatic heterocycles. The molecular weight excluding hydrogens is 288 g/mol. The molecule has 0 aliphatic carbocycles. The number of aromatic nitrogens is 3. The van der Waals surface area contributed by atoms with Crippen molar-refractivity contribution < 1.29 is 0 Å². The summed E-state index contributed by atoms with van der Waals surface area (Å²) in [5.74, 6) is 1.41. The van der Waals surface area contributed by atoms with Crippen LogP contribution in [-0.4, -0.2) is 22.0 Å². The van der Waals surface area contributed by atoms with Gasteiger partial charge in [0.05, 0.1) is 16.2 Å². The van der Waals surface area contributed by atoms with Gasteiger partial charge in [0.2, 0.25) is 5.95 Å². The van der Waals surface area contributed by atoms with Gasteiger partial charge in [0.25, 0.3) is 0 Å². The minimum Gasteiger partial charge on any atom is -0.373 e. The highest BCUT2D eigenvalue weighted by atomic mass is 35.5. The first-order valence-electron chi connectivity index (χ1n) is 6.30. The molecule has 2 aromatic heterocycles. The van der Waals surface area contributed by atoms with Gasteiger partial charge in [-0.05, 0) is 24.3 Å². The van der Waals surface area contributed by atoms with E-state index in [1.807, 2.05) is 24.3 Å². The topological polar surface area (TPSA) is 88.8 Å². The first-order chi connectivity index (χ1) is 10.2. The number of nitrogens with two attached hydrogens (primary N) is 1. The third-order valence-electron chi connectivity index (χ3n) is 2.98. The highest BCUT2D eigenvalue weighted by molar-refractivity contribution is 6.35. The molecule has 106 valence electrons. The highest BCUT2D eigenvalue weighted by Crippen LogP contribution is 2.30. The number of hydrogen-bond acceptors (Lipinski definition) is 6. The third kappa shape index (κ3) is 2.66. The largest absolute Gasteiger partial charge is 0.373 e. The summed E-state index contributed by atoms with van der Waals surface area (Å²) in [6, 6.07) is 9.20. The number of fused-ring (bicyclic) bond motifs is 1. The van der Waals surface area contributed by atoms with Crippen LogP contribution >= 0.6 is 11.6 Å². The van der Waals surface area contributed by atoms with E-state index < -0.39 is 0 Å². The fourth-order valence-corrected chi connectivity index (χ4v) is 2.25. The number of benzene rings is 1. The Morgan fingerprint density at radius 1 is 1.14 bits per heavy atom. The molecule has 0 fully saturated rings. The normalized spacial score (nSPS) is 10.6. The van der Waals surface area contributed by atoms with E-state index >= 15 is 0 Å². The molecule has 0 atom stereocenters. The smallest absolute Gasteiger partial charge is 0.223 e. The van der Waals surface area contributed by atoms with Crippen molar-refractivity contribution in [3.05, 3.63) is 41.6 Å². The van der Waals surface area contributed by atoms with Crippen molar-refractivity contribution in [2.75, 3.05) is 23.4 Å². The molecule has 3 aromatic rings. The van der Waals surface area contributed by atoms with Gasteiger partial charge in [-0.2, -0.15) is 9.97 Å². The van der Waals surface area contributed by atoms with Crippen molar-refractivity contribution in [1.29, 1.82) is 0 Å². The molecule has 0 radical (unpaired) electrons. The Kier molecular flexibility index (Phi) is 3.45. The van der Waals surface area contributed by atoms with E-state index in [1.54, 1.807) is 19.3 Å². The lowest BCUT2D eigenvalue weighted by Crippen LogP contribution is -2.03. The van der Waals surface area contributed by atoms with Gasteiger partial charge in [-0.3, -0.25) is 4.98 Å². The van der Waals surface area contributed by atoms with E-state index in [0.717, 1.165) is 16.6 Å². The Hall–Kier alpha value is -2.60. The summed E-state index contributed by atoms with van der Waals surface area (Å²) in [7, 11) is 1.77. The van der Waals surface area contributed by atoms with Crippen LogP contribution in [0.5, 0.6) is 0 Å². The van der Waals surface area contributed by atoms with Crippen LogP contribution in [0, 0.1) is 0 Å². The number of anilines is 4. The molecule has 7 heteroatoms. The Morgan fingerprint density at radius 3 is 2.76 bits per heavy atom. The van der Waals surface area contributed by atoms with Gasteiger partial charge in [-0.15, -0.1) is 0 Å². The molecule has 0 bridgehead atoms. The first kappa shape index (κ1) is 13.4. The summed E-state index contributed by atoms with van der Waals surface area (Å²) in [6.45, 7) is 0. The molecule has 21 heavy (non-hydrogen) atoms. The van der Waals surface area contributed by atoms with Gasteiger partial charge in [-0.1, -0.05) is 11.6 Å². The summed E-state index contributed by atoms with van der Waals surface area (Å²) in [6.07, 6.45) is 1.72. The SMILES string of the molecule is CNc1cc(Nc2ccc(Cl)c3cccnc23)nc(N)n1. The van der Waals surface area contributed by atoms with Crippen molar-refractivity contribution in [1.82, 2.24) is 15.0 Å². The van der Waals surface area contributed by atoms with Crippen LogP contribution in [0.3, 0.4) is 0 Å². The van der Waals surface area contributed by atoms with Crippen LogP contribution in [0.15, 0.2) is 36.5 Å². The van der Waals surface area contributed by atoms with Gasteiger partial charge in [-0.25, -0.2) is 0 Å². The lowest BCUT2D eigenvalue weighted by molar-refractivity contribution is 1.17. The Labute approximate surface area is 126 Å². The lowest BCUT2D eigenvalue weighted by Gasteiger charge is -2.10. The molecular formula is C14H13ClN6. The van der Waals surface area contributed by atoms with E-state index in [0.29, 0.717) is 16.7 Å². The number of hydrogen-bond donors (Lipinski definition) is 3. The van der Waals surface area contributed by atoms with Crippen LogP contribution in [0.25, 0.3) is 10.9 Å². The predicted octanol–water partition coefficient (Wildman–Crippen LogP) is 3.05. The molecule has 0 amide bonds. The van der Waals surface area contributed by atoms with Crippen LogP contribution in [0.2, 0.25) is 5.02 Å². The minimum atomic E-state index is 0.190. The summed E-state index contributed by atoms with van der Waals surface area (Å²) in [5, 5.41) is 7.66.